The molecule has 0 heterocycles. The van der Waals surface area contributed by atoms with E-state index in [-0.39, 0.29) is 11.8 Å². The van der Waals surface area contributed by atoms with Crippen LogP contribution in [-0.4, -0.2) is 26.6 Å². The predicted octanol–water partition coefficient (Wildman–Crippen LogP) is 1.56. The van der Waals surface area contributed by atoms with Gasteiger partial charge in [0.05, 0.1) is 13.0 Å². The maximum Gasteiger partial charge on any atom is 0.224 e. The SMILES string of the molecule is CCC(CNC)C(=O)NCc1ccc(OC)cc1. The number of benzene rings is 1. The van der Waals surface area contributed by atoms with E-state index in [1.807, 2.05) is 38.2 Å². The summed E-state index contributed by atoms with van der Waals surface area (Å²) < 4.78 is 5.09. The molecule has 1 aromatic rings. The van der Waals surface area contributed by atoms with Gasteiger partial charge in [0, 0.05) is 13.1 Å². The van der Waals surface area contributed by atoms with Gasteiger partial charge < -0.3 is 15.4 Å². The molecule has 0 aromatic heterocycles. The molecule has 1 atom stereocenters. The van der Waals surface area contributed by atoms with E-state index in [1.54, 1.807) is 7.11 Å². The monoisotopic (exact) mass is 250 g/mol. The Morgan fingerprint density at radius 3 is 2.50 bits per heavy atom. The molecular formula is C14H22N2O2. The van der Waals surface area contributed by atoms with Crippen LogP contribution in [0.4, 0.5) is 0 Å². The first-order valence-corrected chi connectivity index (χ1v) is 6.26. The van der Waals surface area contributed by atoms with Crippen molar-refractivity contribution in [1.82, 2.24) is 10.6 Å². The lowest BCUT2D eigenvalue weighted by Gasteiger charge is -2.14. The van der Waals surface area contributed by atoms with Gasteiger partial charge in [-0.1, -0.05) is 19.1 Å². The Hall–Kier alpha value is -1.55. The average Bonchev–Trinajstić information content (AvgIpc) is 2.42. The Morgan fingerprint density at radius 2 is 2.00 bits per heavy atom. The zero-order valence-corrected chi connectivity index (χ0v) is 11.3. The Labute approximate surface area is 109 Å². The van der Waals surface area contributed by atoms with Crippen LogP contribution in [0.15, 0.2) is 24.3 Å². The number of methoxy groups -OCH3 is 1. The summed E-state index contributed by atoms with van der Waals surface area (Å²) in [6.45, 7) is 3.29. The molecule has 0 aliphatic carbocycles. The van der Waals surface area contributed by atoms with Crippen molar-refractivity contribution in [1.29, 1.82) is 0 Å². The van der Waals surface area contributed by atoms with Crippen LogP contribution < -0.4 is 15.4 Å². The summed E-state index contributed by atoms with van der Waals surface area (Å²) in [6, 6.07) is 7.70. The maximum atomic E-state index is 11.9. The normalized spacial score (nSPS) is 11.9. The Balaban J connectivity index is 2.45. The van der Waals surface area contributed by atoms with Crippen LogP contribution in [0.25, 0.3) is 0 Å². The van der Waals surface area contributed by atoms with Gasteiger partial charge in [0.25, 0.3) is 0 Å². The lowest BCUT2D eigenvalue weighted by Crippen LogP contribution is -2.35. The second kappa shape index (κ2) is 7.71. The smallest absolute Gasteiger partial charge is 0.224 e. The van der Waals surface area contributed by atoms with Crippen molar-refractivity contribution in [2.45, 2.75) is 19.9 Å². The van der Waals surface area contributed by atoms with E-state index in [0.717, 1.165) is 17.7 Å². The van der Waals surface area contributed by atoms with E-state index >= 15 is 0 Å². The second-order valence-corrected chi connectivity index (χ2v) is 4.23. The molecule has 0 radical (unpaired) electrons. The highest BCUT2D eigenvalue weighted by Crippen LogP contribution is 2.11. The Morgan fingerprint density at radius 1 is 1.33 bits per heavy atom. The minimum absolute atomic E-state index is 0.0354. The molecule has 4 nitrogen and oxygen atoms in total. The average molecular weight is 250 g/mol. The summed E-state index contributed by atoms with van der Waals surface area (Å²) in [5.74, 6) is 0.961. The van der Waals surface area contributed by atoms with Crippen molar-refractivity contribution in [3.63, 3.8) is 0 Å². The van der Waals surface area contributed by atoms with Crippen molar-refractivity contribution in [2.24, 2.45) is 5.92 Å². The standard InChI is InChI=1S/C14H22N2O2/c1-4-12(10-15-2)14(17)16-9-11-5-7-13(18-3)8-6-11/h5-8,12,15H,4,9-10H2,1-3H3,(H,16,17). The fourth-order valence-corrected chi connectivity index (χ4v) is 1.75. The zero-order chi connectivity index (χ0) is 13.4. The van der Waals surface area contributed by atoms with Gasteiger partial charge in [-0.05, 0) is 31.2 Å². The number of rotatable bonds is 7. The van der Waals surface area contributed by atoms with Crippen molar-refractivity contribution >= 4 is 5.91 Å². The number of carbonyl (C=O) groups is 1. The molecule has 18 heavy (non-hydrogen) atoms. The molecule has 100 valence electrons. The van der Waals surface area contributed by atoms with Crippen LogP contribution in [0.1, 0.15) is 18.9 Å². The topological polar surface area (TPSA) is 50.4 Å². The number of carbonyl (C=O) groups excluding carboxylic acids is 1. The Kier molecular flexibility index (Phi) is 6.22. The highest BCUT2D eigenvalue weighted by Gasteiger charge is 2.14. The van der Waals surface area contributed by atoms with Gasteiger partial charge in [0.15, 0.2) is 0 Å². The summed E-state index contributed by atoms with van der Waals surface area (Å²) in [4.78, 5) is 11.9. The lowest BCUT2D eigenvalue weighted by atomic mass is 10.1. The first-order chi connectivity index (χ1) is 8.71. The second-order valence-electron chi connectivity index (χ2n) is 4.23. The van der Waals surface area contributed by atoms with Crippen LogP contribution in [0.5, 0.6) is 5.75 Å². The maximum absolute atomic E-state index is 11.9. The first-order valence-electron chi connectivity index (χ1n) is 6.26. The minimum Gasteiger partial charge on any atom is -0.497 e. The van der Waals surface area contributed by atoms with Crippen molar-refractivity contribution in [3.8, 4) is 5.75 Å². The van der Waals surface area contributed by atoms with Gasteiger partial charge >= 0.3 is 0 Å². The third-order valence-electron chi connectivity index (χ3n) is 2.94. The number of hydrogen-bond donors (Lipinski definition) is 2. The molecule has 1 rings (SSSR count). The molecule has 0 aliphatic rings. The first kappa shape index (κ1) is 14.5. The van der Waals surface area contributed by atoms with Gasteiger partial charge in [0.2, 0.25) is 5.91 Å². The molecule has 0 bridgehead atoms. The van der Waals surface area contributed by atoms with E-state index in [0.29, 0.717) is 13.1 Å². The molecule has 0 saturated heterocycles. The van der Waals surface area contributed by atoms with Crippen LogP contribution in [0.3, 0.4) is 0 Å². The number of amides is 1. The van der Waals surface area contributed by atoms with Crippen LogP contribution in [0.2, 0.25) is 0 Å². The van der Waals surface area contributed by atoms with Gasteiger partial charge in [0.1, 0.15) is 5.75 Å². The van der Waals surface area contributed by atoms with E-state index in [1.165, 1.54) is 0 Å². The largest absolute Gasteiger partial charge is 0.497 e. The molecule has 0 fully saturated rings. The lowest BCUT2D eigenvalue weighted by molar-refractivity contribution is -0.125. The summed E-state index contributed by atoms with van der Waals surface area (Å²) >= 11 is 0. The highest BCUT2D eigenvalue weighted by molar-refractivity contribution is 5.78. The number of ether oxygens (including phenoxy) is 1. The molecule has 0 saturated carbocycles. The fraction of sp³-hybridized carbons (Fsp3) is 0.500. The summed E-state index contributed by atoms with van der Waals surface area (Å²) in [5, 5.41) is 5.99. The van der Waals surface area contributed by atoms with Crippen molar-refractivity contribution in [2.75, 3.05) is 20.7 Å². The Bertz CT molecular complexity index is 363. The molecular weight excluding hydrogens is 228 g/mol. The molecule has 1 amide bonds. The predicted molar refractivity (Wildman–Crippen MR) is 72.5 cm³/mol. The van der Waals surface area contributed by atoms with Crippen molar-refractivity contribution < 1.29 is 9.53 Å². The molecule has 1 aromatic carbocycles. The van der Waals surface area contributed by atoms with Gasteiger partial charge in [-0.15, -0.1) is 0 Å². The van der Waals surface area contributed by atoms with Crippen LogP contribution in [-0.2, 0) is 11.3 Å². The van der Waals surface area contributed by atoms with Crippen LogP contribution >= 0.6 is 0 Å². The molecule has 1 unspecified atom stereocenters. The molecule has 4 heteroatoms. The quantitative estimate of drug-likeness (QED) is 0.772. The summed E-state index contributed by atoms with van der Waals surface area (Å²) in [5.41, 5.74) is 1.07. The van der Waals surface area contributed by atoms with E-state index < -0.39 is 0 Å². The fourth-order valence-electron chi connectivity index (χ4n) is 1.75. The van der Waals surface area contributed by atoms with E-state index in [2.05, 4.69) is 10.6 Å². The molecule has 0 aliphatic heterocycles. The number of hydrogen-bond acceptors (Lipinski definition) is 3. The summed E-state index contributed by atoms with van der Waals surface area (Å²) in [7, 11) is 3.50. The van der Waals surface area contributed by atoms with Gasteiger partial charge in [-0.25, -0.2) is 0 Å². The third-order valence-corrected chi connectivity index (χ3v) is 2.94. The molecule has 0 spiro atoms. The highest BCUT2D eigenvalue weighted by atomic mass is 16.5. The third kappa shape index (κ3) is 4.37. The van der Waals surface area contributed by atoms with E-state index in [9.17, 15) is 4.79 Å². The molecule has 2 N–H and O–H groups in total. The van der Waals surface area contributed by atoms with Crippen LogP contribution in [0, 0.1) is 5.92 Å². The van der Waals surface area contributed by atoms with Gasteiger partial charge in [-0.2, -0.15) is 0 Å². The number of nitrogens with one attached hydrogen (secondary N) is 2. The summed E-state index contributed by atoms with van der Waals surface area (Å²) in [6.07, 6.45) is 0.843. The van der Waals surface area contributed by atoms with Crippen molar-refractivity contribution in [3.05, 3.63) is 29.8 Å². The van der Waals surface area contributed by atoms with Gasteiger partial charge in [-0.3, -0.25) is 4.79 Å². The zero-order valence-electron chi connectivity index (χ0n) is 11.3. The minimum atomic E-state index is 0.0354. The van der Waals surface area contributed by atoms with E-state index in [4.69, 9.17) is 4.74 Å².